The second kappa shape index (κ2) is 9.83. The molecule has 0 aliphatic rings. The maximum absolute atomic E-state index is 12.6. The third-order valence-corrected chi connectivity index (χ3v) is 6.60. The number of nitrogens with one attached hydrogen (secondary N) is 2. The quantitative estimate of drug-likeness (QED) is 0.348. The molecule has 4 aromatic rings. The van der Waals surface area contributed by atoms with Crippen LogP contribution in [-0.4, -0.2) is 37.3 Å². The van der Waals surface area contributed by atoms with E-state index in [1.54, 1.807) is 6.07 Å². The van der Waals surface area contributed by atoms with E-state index in [0.717, 1.165) is 27.7 Å². The molecule has 6 heteroatoms. The van der Waals surface area contributed by atoms with Crippen LogP contribution in [0.1, 0.15) is 39.6 Å². The number of amides is 1. The molecule has 0 saturated heterocycles. The first-order valence-corrected chi connectivity index (χ1v) is 11.6. The Bertz CT molecular complexity index is 1190. The van der Waals surface area contributed by atoms with Gasteiger partial charge in [-0.05, 0) is 40.8 Å². The minimum absolute atomic E-state index is 0.000639. The number of aromatic nitrogens is 1. The van der Waals surface area contributed by atoms with E-state index in [2.05, 4.69) is 51.6 Å². The fraction of sp³-hybridized carbons (Fsp3) is 0.231. The molecule has 2 aromatic heterocycles. The van der Waals surface area contributed by atoms with Crippen LogP contribution in [0.15, 0.2) is 72.2 Å². The summed E-state index contributed by atoms with van der Waals surface area (Å²) in [4.78, 5) is 30.9. The van der Waals surface area contributed by atoms with Gasteiger partial charge in [0.05, 0.1) is 4.88 Å². The Morgan fingerprint density at radius 2 is 1.78 bits per heavy atom. The molecule has 32 heavy (non-hydrogen) atoms. The number of H-pyrrole nitrogens is 1. The zero-order chi connectivity index (χ0) is 22.5. The largest absolute Gasteiger partial charge is 0.378 e. The zero-order valence-corrected chi connectivity index (χ0v) is 19.1. The molecule has 0 fully saturated rings. The number of carbonyl (C=O) groups excluding carboxylic acids is 2. The Balaban J connectivity index is 1.50. The van der Waals surface area contributed by atoms with E-state index in [0.29, 0.717) is 11.4 Å². The van der Waals surface area contributed by atoms with Gasteiger partial charge in [-0.2, -0.15) is 0 Å². The topological polar surface area (TPSA) is 65.2 Å². The zero-order valence-electron chi connectivity index (χ0n) is 18.3. The van der Waals surface area contributed by atoms with Crippen molar-refractivity contribution in [1.82, 2.24) is 10.3 Å². The molecular formula is C26H27N3O2S. The summed E-state index contributed by atoms with van der Waals surface area (Å²) < 4.78 is 0. The smallest absolute Gasteiger partial charge is 0.220 e. The van der Waals surface area contributed by atoms with E-state index in [1.807, 2.05) is 43.9 Å². The molecule has 0 aliphatic heterocycles. The van der Waals surface area contributed by atoms with Gasteiger partial charge in [0.25, 0.3) is 0 Å². The number of rotatable bonds is 9. The number of hydrogen-bond acceptors (Lipinski definition) is 4. The molecule has 0 radical (unpaired) electrons. The third kappa shape index (κ3) is 4.92. The minimum Gasteiger partial charge on any atom is -0.378 e. The Morgan fingerprint density at radius 1 is 1.00 bits per heavy atom. The molecule has 4 rings (SSSR count). The van der Waals surface area contributed by atoms with Gasteiger partial charge in [0.15, 0.2) is 5.78 Å². The molecule has 2 heterocycles. The second-order valence-electron chi connectivity index (χ2n) is 8.03. The number of benzene rings is 2. The Morgan fingerprint density at radius 3 is 2.50 bits per heavy atom. The summed E-state index contributed by atoms with van der Waals surface area (Å²) in [6, 6.07) is 20.3. The Kier molecular flexibility index (Phi) is 6.71. The van der Waals surface area contributed by atoms with Gasteiger partial charge in [0, 0.05) is 62.2 Å². The van der Waals surface area contributed by atoms with Crippen molar-refractivity contribution in [3.63, 3.8) is 0 Å². The van der Waals surface area contributed by atoms with Crippen LogP contribution in [0, 0.1) is 0 Å². The van der Waals surface area contributed by atoms with Crippen LogP contribution in [0.25, 0.3) is 10.9 Å². The summed E-state index contributed by atoms with van der Waals surface area (Å²) >= 11 is 1.41. The fourth-order valence-electron chi connectivity index (χ4n) is 3.89. The lowest BCUT2D eigenvalue weighted by Gasteiger charge is -2.20. The normalized spacial score (nSPS) is 11.9. The lowest BCUT2D eigenvalue weighted by Crippen LogP contribution is -2.29. The summed E-state index contributed by atoms with van der Waals surface area (Å²) in [5.41, 5.74) is 4.48. The van der Waals surface area contributed by atoms with E-state index in [9.17, 15) is 9.59 Å². The molecule has 5 nitrogen and oxygen atoms in total. The van der Waals surface area contributed by atoms with Crippen LogP contribution in [0.4, 0.5) is 5.69 Å². The van der Waals surface area contributed by atoms with E-state index >= 15 is 0 Å². The molecule has 2 aromatic carbocycles. The SMILES string of the molecule is CN(C)c1ccc(C(CNC(=O)CCC(=O)c2cccs2)c2c[nH]c3ccccc23)cc1. The molecule has 164 valence electrons. The monoisotopic (exact) mass is 445 g/mol. The van der Waals surface area contributed by atoms with Crippen molar-refractivity contribution >= 4 is 39.6 Å². The van der Waals surface area contributed by atoms with Crippen LogP contribution in [0.5, 0.6) is 0 Å². The maximum Gasteiger partial charge on any atom is 0.220 e. The predicted octanol–water partition coefficient (Wildman–Crippen LogP) is 5.21. The number of aromatic amines is 1. The lowest BCUT2D eigenvalue weighted by atomic mass is 9.90. The van der Waals surface area contributed by atoms with Crippen molar-refractivity contribution in [3.8, 4) is 0 Å². The van der Waals surface area contributed by atoms with E-state index in [4.69, 9.17) is 0 Å². The van der Waals surface area contributed by atoms with Crippen LogP contribution in [0.3, 0.4) is 0 Å². The standard InChI is InChI=1S/C26H27N3O2S/c1-29(2)19-11-9-18(10-12-19)21(22-17-27-23-7-4-3-6-20(22)23)16-28-26(31)14-13-24(30)25-8-5-15-32-25/h3-12,15,17,21,27H,13-14,16H2,1-2H3,(H,28,31). The molecule has 1 atom stereocenters. The van der Waals surface area contributed by atoms with Crippen LogP contribution < -0.4 is 10.2 Å². The maximum atomic E-state index is 12.6. The fourth-order valence-corrected chi connectivity index (χ4v) is 4.58. The van der Waals surface area contributed by atoms with Gasteiger partial charge in [-0.25, -0.2) is 0 Å². The van der Waals surface area contributed by atoms with Gasteiger partial charge in [-0.1, -0.05) is 36.4 Å². The highest BCUT2D eigenvalue weighted by Gasteiger charge is 2.20. The summed E-state index contributed by atoms with van der Waals surface area (Å²) in [5.74, 6) is -0.0911. The van der Waals surface area contributed by atoms with Crippen LogP contribution in [0.2, 0.25) is 0 Å². The van der Waals surface area contributed by atoms with E-state index in [1.165, 1.54) is 11.3 Å². The number of fused-ring (bicyclic) bond motifs is 1. The molecular weight excluding hydrogens is 418 g/mol. The van der Waals surface area contributed by atoms with Crippen molar-refractivity contribution < 1.29 is 9.59 Å². The number of Topliss-reactive ketones (excluding diaryl/α,β-unsaturated/α-hetero) is 1. The summed E-state index contributed by atoms with van der Waals surface area (Å²) in [7, 11) is 4.04. The van der Waals surface area contributed by atoms with Crippen molar-refractivity contribution in [1.29, 1.82) is 0 Å². The second-order valence-corrected chi connectivity index (χ2v) is 8.98. The molecule has 0 bridgehead atoms. The first kappa shape index (κ1) is 21.8. The number of thiophene rings is 1. The van der Waals surface area contributed by atoms with Gasteiger partial charge in [0.2, 0.25) is 5.91 Å². The average Bonchev–Trinajstić information content (AvgIpc) is 3.49. The number of anilines is 1. The first-order valence-electron chi connectivity index (χ1n) is 10.7. The molecule has 1 unspecified atom stereocenters. The number of carbonyl (C=O) groups is 2. The van der Waals surface area contributed by atoms with Gasteiger partial charge in [0.1, 0.15) is 0 Å². The average molecular weight is 446 g/mol. The molecule has 0 aliphatic carbocycles. The van der Waals surface area contributed by atoms with E-state index in [-0.39, 0.29) is 30.4 Å². The molecule has 0 spiro atoms. The molecule has 0 saturated carbocycles. The Hall–Kier alpha value is -3.38. The van der Waals surface area contributed by atoms with Crippen molar-refractivity contribution in [2.24, 2.45) is 0 Å². The van der Waals surface area contributed by atoms with Crippen molar-refractivity contribution in [3.05, 3.63) is 88.2 Å². The summed E-state index contributed by atoms with van der Waals surface area (Å²) in [6.07, 6.45) is 2.44. The third-order valence-electron chi connectivity index (χ3n) is 5.69. The van der Waals surface area contributed by atoms with Crippen LogP contribution in [-0.2, 0) is 4.79 Å². The van der Waals surface area contributed by atoms with Crippen molar-refractivity contribution in [2.75, 3.05) is 25.5 Å². The minimum atomic E-state index is -0.107. The summed E-state index contributed by atoms with van der Waals surface area (Å²) in [5, 5.41) is 6.09. The molecule has 1 amide bonds. The van der Waals surface area contributed by atoms with Gasteiger partial charge >= 0.3 is 0 Å². The lowest BCUT2D eigenvalue weighted by molar-refractivity contribution is -0.121. The molecule has 2 N–H and O–H groups in total. The Labute approximate surface area is 192 Å². The number of para-hydroxylation sites is 1. The highest BCUT2D eigenvalue weighted by molar-refractivity contribution is 7.12. The van der Waals surface area contributed by atoms with Gasteiger partial charge in [-0.3, -0.25) is 9.59 Å². The highest BCUT2D eigenvalue weighted by atomic mass is 32.1. The first-order chi connectivity index (χ1) is 15.5. The highest BCUT2D eigenvalue weighted by Crippen LogP contribution is 2.31. The van der Waals surface area contributed by atoms with Crippen LogP contribution >= 0.6 is 11.3 Å². The number of nitrogens with zero attached hydrogens (tertiary/aromatic N) is 1. The number of ketones is 1. The van der Waals surface area contributed by atoms with Crippen molar-refractivity contribution in [2.45, 2.75) is 18.8 Å². The summed E-state index contributed by atoms with van der Waals surface area (Å²) in [6.45, 7) is 0.467. The van der Waals surface area contributed by atoms with E-state index < -0.39 is 0 Å². The predicted molar refractivity (Wildman–Crippen MR) is 132 cm³/mol. The van der Waals surface area contributed by atoms with Gasteiger partial charge in [-0.15, -0.1) is 11.3 Å². The van der Waals surface area contributed by atoms with Gasteiger partial charge < -0.3 is 15.2 Å². The number of hydrogen-bond donors (Lipinski definition) is 2.